The van der Waals surface area contributed by atoms with Gasteiger partial charge in [0.1, 0.15) is 11.5 Å². The number of fused-ring (bicyclic) bond motifs is 1. The van der Waals surface area contributed by atoms with Crippen LogP contribution in [0, 0.1) is 0 Å². The molecule has 5 rings (SSSR count). The molecule has 0 spiro atoms. The normalized spacial score (nSPS) is 19.9. The predicted molar refractivity (Wildman–Crippen MR) is 133 cm³/mol. The number of likely N-dealkylation sites (tertiary alicyclic amines) is 1. The lowest BCUT2D eigenvalue weighted by Crippen LogP contribution is -2.48. The average Bonchev–Trinajstić information content (AvgIpc) is 2.89. The molecule has 1 aromatic carbocycles. The molecule has 2 fully saturated rings. The van der Waals surface area contributed by atoms with E-state index in [0.29, 0.717) is 23.7 Å². The topological polar surface area (TPSA) is 94.2 Å². The van der Waals surface area contributed by atoms with Gasteiger partial charge in [-0.1, -0.05) is 12.1 Å². The first-order valence-corrected chi connectivity index (χ1v) is 12.3. The van der Waals surface area contributed by atoms with Gasteiger partial charge in [0, 0.05) is 38.1 Å². The number of nitrogens with one attached hydrogen (secondary N) is 2. The molecule has 1 amide bonds. The summed E-state index contributed by atoms with van der Waals surface area (Å²) in [5.41, 5.74) is 2.26. The number of benzene rings is 1. The van der Waals surface area contributed by atoms with E-state index in [2.05, 4.69) is 25.1 Å². The highest BCUT2D eigenvalue weighted by Crippen LogP contribution is 2.30. The average molecular weight is 461 g/mol. The second-order valence-electron chi connectivity index (χ2n) is 9.28. The lowest BCUT2D eigenvalue weighted by atomic mass is 9.93. The molecule has 8 heteroatoms. The van der Waals surface area contributed by atoms with Crippen molar-refractivity contribution < 1.29 is 4.79 Å². The smallest absolute Gasteiger partial charge is 0.269 e. The van der Waals surface area contributed by atoms with Crippen LogP contribution in [-0.2, 0) is 0 Å². The van der Waals surface area contributed by atoms with Gasteiger partial charge in [0.2, 0.25) is 0 Å². The number of amides is 1. The molecule has 4 heterocycles. The maximum Gasteiger partial charge on any atom is 0.269 e. The third kappa shape index (κ3) is 4.68. The summed E-state index contributed by atoms with van der Waals surface area (Å²) in [7, 11) is 0. The van der Waals surface area contributed by atoms with Crippen LogP contribution < -0.4 is 15.8 Å². The summed E-state index contributed by atoms with van der Waals surface area (Å²) >= 11 is 0. The number of hydrogen-bond donors (Lipinski definition) is 2. The van der Waals surface area contributed by atoms with Gasteiger partial charge in [-0.3, -0.25) is 14.5 Å². The first-order valence-electron chi connectivity index (χ1n) is 12.3. The number of pyridine rings is 1. The van der Waals surface area contributed by atoms with E-state index in [4.69, 9.17) is 4.98 Å². The number of hydrogen-bond acceptors (Lipinski definition) is 6. The molecular formula is C26H32N6O2. The van der Waals surface area contributed by atoms with Gasteiger partial charge in [-0.2, -0.15) is 0 Å². The molecule has 0 saturated carbocycles. The van der Waals surface area contributed by atoms with Crippen LogP contribution in [0.4, 0.5) is 5.69 Å². The third-order valence-electron chi connectivity index (χ3n) is 7.13. The lowest BCUT2D eigenvalue weighted by Gasteiger charge is -2.42. The van der Waals surface area contributed by atoms with Crippen LogP contribution in [0.2, 0.25) is 0 Å². The zero-order chi connectivity index (χ0) is 23.5. The maximum absolute atomic E-state index is 12.5. The first-order chi connectivity index (χ1) is 16.6. The Labute approximate surface area is 199 Å². The summed E-state index contributed by atoms with van der Waals surface area (Å²) in [6, 6.07) is 11.9. The summed E-state index contributed by atoms with van der Waals surface area (Å²) in [6.45, 7) is 6.48. The molecule has 0 bridgehead atoms. The van der Waals surface area contributed by atoms with Crippen molar-refractivity contribution in [2.75, 3.05) is 37.6 Å². The molecule has 8 nitrogen and oxygen atoms in total. The van der Waals surface area contributed by atoms with Crippen LogP contribution >= 0.6 is 0 Å². The Bertz CT molecular complexity index is 1200. The Morgan fingerprint density at radius 2 is 1.94 bits per heavy atom. The number of aromatic amines is 1. The van der Waals surface area contributed by atoms with Gasteiger partial charge in [0.05, 0.1) is 22.8 Å². The van der Waals surface area contributed by atoms with Crippen LogP contribution in [0.1, 0.15) is 54.8 Å². The SMILES string of the molecule is CCNC(=O)c1ccc(N2CCC(N3CCCC(c4nc5ccccc5c(=O)[nH]4)C3)CC2)cn1. The molecular weight excluding hydrogens is 428 g/mol. The Kier molecular flexibility index (Phi) is 6.58. The molecule has 34 heavy (non-hydrogen) atoms. The minimum atomic E-state index is -0.130. The monoisotopic (exact) mass is 460 g/mol. The van der Waals surface area contributed by atoms with Crippen LogP contribution in [-0.4, -0.2) is 64.5 Å². The Balaban J connectivity index is 1.21. The Hall–Kier alpha value is -3.26. The molecule has 0 aliphatic carbocycles. The number of carbonyl (C=O) groups is 1. The van der Waals surface area contributed by atoms with Crippen molar-refractivity contribution in [3.8, 4) is 0 Å². The van der Waals surface area contributed by atoms with Gasteiger partial charge < -0.3 is 15.2 Å². The number of nitrogens with zero attached hydrogens (tertiary/aromatic N) is 4. The van der Waals surface area contributed by atoms with Gasteiger partial charge in [-0.25, -0.2) is 9.97 Å². The molecule has 2 saturated heterocycles. The van der Waals surface area contributed by atoms with Gasteiger partial charge in [-0.15, -0.1) is 0 Å². The molecule has 0 radical (unpaired) electrons. The van der Waals surface area contributed by atoms with Crippen LogP contribution in [0.5, 0.6) is 0 Å². The summed E-state index contributed by atoms with van der Waals surface area (Å²) in [4.78, 5) is 41.6. The van der Waals surface area contributed by atoms with Crippen LogP contribution in [0.25, 0.3) is 10.9 Å². The van der Waals surface area contributed by atoms with Crippen molar-refractivity contribution >= 4 is 22.5 Å². The first kappa shape index (κ1) is 22.5. The molecule has 1 unspecified atom stereocenters. The molecule has 178 valence electrons. The number of para-hydroxylation sites is 1. The van der Waals surface area contributed by atoms with Gasteiger partial charge in [0.25, 0.3) is 11.5 Å². The van der Waals surface area contributed by atoms with Crippen LogP contribution in [0.3, 0.4) is 0 Å². The predicted octanol–water partition coefficient (Wildman–Crippen LogP) is 2.92. The molecule has 2 aliphatic rings. The molecule has 2 aromatic heterocycles. The zero-order valence-electron chi connectivity index (χ0n) is 19.7. The number of piperidine rings is 2. The second-order valence-corrected chi connectivity index (χ2v) is 9.28. The van der Waals surface area contributed by atoms with Gasteiger partial charge >= 0.3 is 0 Å². The summed E-state index contributed by atoms with van der Waals surface area (Å²) in [5.74, 6) is 0.953. The van der Waals surface area contributed by atoms with Crippen molar-refractivity contribution in [3.05, 3.63) is 64.5 Å². The molecule has 3 aromatic rings. The van der Waals surface area contributed by atoms with E-state index in [1.165, 1.54) is 0 Å². The maximum atomic E-state index is 12.5. The standard InChI is InChI=1S/C26H32N6O2/c1-2-27-26(34)23-10-9-20(16-28-23)31-14-11-19(12-15-31)32-13-5-6-18(17-32)24-29-22-8-4-3-7-21(22)25(33)30-24/h3-4,7-10,16,18-19H,2,5-6,11-15,17H2,1H3,(H,27,34)(H,29,30,33). The zero-order valence-corrected chi connectivity index (χ0v) is 19.7. The van der Waals surface area contributed by atoms with E-state index in [0.717, 1.165) is 68.9 Å². The number of rotatable bonds is 5. The summed E-state index contributed by atoms with van der Waals surface area (Å²) in [6.07, 6.45) is 6.16. The quantitative estimate of drug-likeness (QED) is 0.608. The minimum absolute atomic E-state index is 0.0437. The fourth-order valence-electron chi connectivity index (χ4n) is 5.31. The fraction of sp³-hybridized carbons (Fsp3) is 0.462. The Morgan fingerprint density at radius 3 is 2.71 bits per heavy atom. The van der Waals surface area contributed by atoms with E-state index in [9.17, 15) is 9.59 Å². The highest BCUT2D eigenvalue weighted by Gasteiger charge is 2.30. The van der Waals surface area contributed by atoms with E-state index in [-0.39, 0.29) is 17.4 Å². The van der Waals surface area contributed by atoms with E-state index < -0.39 is 0 Å². The highest BCUT2D eigenvalue weighted by atomic mass is 16.1. The third-order valence-corrected chi connectivity index (χ3v) is 7.13. The largest absolute Gasteiger partial charge is 0.370 e. The van der Waals surface area contributed by atoms with Crippen molar-refractivity contribution in [3.63, 3.8) is 0 Å². The van der Waals surface area contributed by atoms with Gasteiger partial charge in [-0.05, 0) is 63.4 Å². The fourth-order valence-corrected chi connectivity index (χ4v) is 5.31. The highest BCUT2D eigenvalue weighted by molar-refractivity contribution is 5.92. The lowest BCUT2D eigenvalue weighted by molar-refractivity contribution is 0.0951. The van der Waals surface area contributed by atoms with Crippen molar-refractivity contribution in [1.29, 1.82) is 0 Å². The van der Waals surface area contributed by atoms with Crippen molar-refractivity contribution in [1.82, 2.24) is 25.2 Å². The number of aromatic nitrogens is 3. The summed E-state index contributed by atoms with van der Waals surface area (Å²) in [5, 5.41) is 3.44. The Morgan fingerprint density at radius 1 is 1.12 bits per heavy atom. The van der Waals surface area contributed by atoms with Gasteiger partial charge in [0.15, 0.2) is 0 Å². The van der Waals surface area contributed by atoms with Crippen molar-refractivity contribution in [2.45, 2.75) is 44.6 Å². The minimum Gasteiger partial charge on any atom is -0.370 e. The van der Waals surface area contributed by atoms with E-state index >= 15 is 0 Å². The van der Waals surface area contributed by atoms with E-state index in [1.807, 2.05) is 43.5 Å². The molecule has 1 atom stereocenters. The molecule has 2 aliphatic heterocycles. The number of anilines is 1. The van der Waals surface area contributed by atoms with E-state index in [1.54, 1.807) is 6.07 Å². The summed E-state index contributed by atoms with van der Waals surface area (Å²) < 4.78 is 0. The van der Waals surface area contributed by atoms with Crippen molar-refractivity contribution in [2.24, 2.45) is 0 Å². The van der Waals surface area contributed by atoms with Crippen LogP contribution in [0.15, 0.2) is 47.4 Å². The number of H-pyrrole nitrogens is 1. The second kappa shape index (κ2) is 9.93. The number of carbonyl (C=O) groups excluding carboxylic acids is 1. The molecule has 2 N–H and O–H groups in total.